The van der Waals surface area contributed by atoms with Crippen LogP contribution in [0.5, 0.6) is 0 Å². The van der Waals surface area contributed by atoms with Crippen LogP contribution in [0.25, 0.3) is 0 Å². The quantitative estimate of drug-likeness (QED) is 0.411. The highest BCUT2D eigenvalue weighted by Crippen LogP contribution is 2.21. The Morgan fingerprint density at radius 3 is 2.71 bits per heavy atom. The van der Waals surface area contributed by atoms with Crippen LogP contribution in [0.4, 0.5) is 0 Å². The Labute approximate surface area is 89.5 Å². The van der Waals surface area contributed by atoms with E-state index in [0.29, 0.717) is 0 Å². The van der Waals surface area contributed by atoms with Gasteiger partial charge in [0.2, 0.25) is 0 Å². The fourth-order valence-electron chi connectivity index (χ4n) is 0.955. The number of hydrogen-bond acceptors (Lipinski definition) is 2. The van der Waals surface area contributed by atoms with Crippen LogP contribution in [0, 0.1) is 0 Å². The third kappa shape index (κ3) is 3.71. The highest BCUT2D eigenvalue weighted by molar-refractivity contribution is 8.02. The highest BCUT2D eigenvalue weighted by atomic mass is 32.2. The maximum Gasteiger partial charge on any atom is 0.106 e. The molecule has 0 atom stereocenters. The molecule has 0 spiro atoms. The number of ether oxygens (including phenoxy) is 1. The minimum absolute atomic E-state index is 0.774. The average molecular weight is 206 g/mol. The summed E-state index contributed by atoms with van der Waals surface area (Å²) in [6.45, 7) is 3.67. The lowest BCUT2D eigenvalue weighted by molar-refractivity contribution is 0.286. The van der Waals surface area contributed by atoms with Gasteiger partial charge in [-0.25, -0.2) is 0 Å². The topological polar surface area (TPSA) is 9.23 Å². The molecule has 0 saturated carbocycles. The molecule has 14 heavy (non-hydrogen) atoms. The van der Waals surface area contributed by atoms with Gasteiger partial charge in [-0.1, -0.05) is 36.0 Å². The van der Waals surface area contributed by atoms with E-state index in [1.807, 2.05) is 29.7 Å². The van der Waals surface area contributed by atoms with E-state index in [4.69, 9.17) is 4.74 Å². The van der Waals surface area contributed by atoms with Gasteiger partial charge in [0.05, 0.1) is 7.11 Å². The zero-order valence-corrected chi connectivity index (χ0v) is 9.09. The van der Waals surface area contributed by atoms with E-state index < -0.39 is 0 Å². The Morgan fingerprint density at radius 1 is 1.43 bits per heavy atom. The van der Waals surface area contributed by atoms with Gasteiger partial charge in [0.25, 0.3) is 0 Å². The molecule has 1 aromatic carbocycles. The van der Waals surface area contributed by atoms with E-state index in [1.165, 1.54) is 4.90 Å². The molecule has 0 aliphatic rings. The van der Waals surface area contributed by atoms with Crippen molar-refractivity contribution in [2.45, 2.75) is 11.3 Å². The van der Waals surface area contributed by atoms with E-state index in [0.717, 1.165) is 12.2 Å². The number of benzene rings is 1. The van der Waals surface area contributed by atoms with Crippen LogP contribution < -0.4 is 0 Å². The second-order valence-corrected chi connectivity index (χ2v) is 3.65. The summed E-state index contributed by atoms with van der Waals surface area (Å²) in [5, 5.41) is 2.01. The van der Waals surface area contributed by atoms with Crippen molar-refractivity contribution in [3.8, 4) is 0 Å². The SMILES string of the molecule is C=CC/C(=C/Sc1ccccc1)OC. The first kappa shape index (κ1) is 10.9. The lowest BCUT2D eigenvalue weighted by Gasteiger charge is -2.02. The Hall–Kier alpha value is -1.15. The van der Waals surface area contributed by atoms with Crippen LogP contribution >= 0.6 is 11.8 Å². The molecule has 0 unspecified atom stereocenters. The van der Waals surface area contributed by atoms with Crippen molar-refractivity contribution in [2.24, 2.45) is 0 Å². The largest absolute Gasteiger partial charge is 0.500 e. The molecule has 0 aliphatic carbocycles. The number of allylic oxidation sites excluding steroid dienone is 1. The Balaban J connectivity index is 2.56. The van der Waals surface area contributed by atoms with Crippen molar-refractivity contribution >= 4 is 11.8 Å². The van der Waals surface area contributed by atoms with E-state index >= 15 is 0 Å². The first-order chi connectivity index (χ1) is 6.86. The Morgan fingerprint density at radius 2 is 2.14 bits per heavy atom. The molecule has 0 radical (unpaired) electrons. The normalized spacial score (nSPS) is 11.1. The molecule has 0 heterocycles. The van der Waals surface area contributed by atoms with Gasteiger partial charge in [0, 0.05) is 16.7 Å². The third-order valence-electron chi connectivity index (χ3n) is 1.68. The fraction of sp³-hybridized carbons (Fsp3) is 0.167. The van der Waals surface area contributed by atoms with Gasteiger partial charge in [-0.3, -0.25) is 0 Å². The highest BCUT2D eigenvalue weighted by Gasteiger charge is 1.93. The van der Waals surface area contributed by atoms with E-state index in [1.54, 1.807) is 18.9 Å². The molecule has 0 saturated heterocycles. The summed E-state index contributed by atoms with van der Waals surface area (Å²) in [7, 11) is 1.68. The Kier molecular flexibility index (Phi) is 4.94. The lowest BCUT2D eigenvalue weighted by Crippen LogP contribution is -1.82. The first-order valence-electron chi connectivity index (χ1n) is 4.42. The third-order valence-corrected chi connectivity index (χ3v) is 2.60. The predicted octanol–water partition coefficient (Wildman–Crippen LogP) is 3.84. The molecule has 0 aliphatic heterocycles. The van der Waals surface area contributed by atoms with Gasteiger partial charge in [-0.05, 0) is 12.1 Å². The number of hydrogen-bond donors (Lipinski definition) is 0. The minimum atomic E-state index is 0.774. The van der Waals surface area contributed by atoms with Crippen molar-refractivity contribution < 1.29 is 4.74 Å². The van der Waals surface area contributed by atoms with Crippen molar-refractivity contribution in [1.82, 2.24) is 0 Å². The van der Waals surface area contributed by atoms with Crippen LogP contribution in [0.15, 0.2) is 59.0 Å². The van der Waals surface area contributed by atoms with Crippen LogP contribution in [-0.4, -0.2) is 7.11 Å². The standard InChI is InChI=1S/C12H14OS/c1-3-7-11(13-2)10-14-12-8-5-4-6-9-12/h3-6,8-10H,1,7H2,2H3/b11-10-. The molecule has 1 nitrogen and oxygen atoms in total. The van der Waals surface area contributed by atoms with Gasteiger partial charge >= 0.3 is 0 Å². The number of rotatable bonds is 5. The lowest BCUT2D eigenvalue weighted by atomic mass is 10.4. The van der Waals surface area contributed by atoms with Gasteiger partial charge in [-0.2, -0.15) is 0 Å². The maximum absolute atomic E-state index is 5.18. The van der Waals surface area contributed by atoms with Crippen LogP contribution in [0.3, 0.4) is 0 Å². The van der Waals surface area contributed by atoms with Crippen molar-refractivity contribution in [3.05, 3.63) is 54.2 Å². The molecule has 0 aromatic heterocycles. The summed E-state index contributed by atoms with van der Waals surface area (Å²) in [5.41, 5.74) is 0. The second-order valence-electron chi connectivity index (χ2n) is 2.71. The summed E-state index contributed by atoms with van der Waals surface area (Å²) in [5.74, 6) is 0.939. The number of methoxy groups -OCH3 is 1. The van der Waals surface area contributed by atoms with Crippen molar-refractivity contribution in [1.29, 1.82) is 0 Å². The summed E-state index contributed by atoms with van der Waals surface area (Å²) in [6.07, 6.45) is 2.61. The fourth-order valence-corrected chi connectivity index (χ4v) is 1.73. The molecular weight excluding hydrogens is 192 g/mol. The van der Waals surface area contributed by atoms with Crippen molar-refractivity contribution in [2.75, 3.05) is 7.11 Å². The Bertz CT molecular complexity index is 303. The predicted molar refractivity (Wildman–Crippen MR) is 62.2 cm³/mol. The molecule has 74 valence electrons. The molecule has 0 N–H and O–H groups in total. The van der Waals surface area contributed by atoms with Gasteiger partial charge in [-0.15, -0.1) is 6.58 Å². The first-order valence-corrected chi connectivity index (χ1v) is 5.30. The van der Waals surface area contributed by atoms with Crippen LogP contribution in [0.1, 0.15) is 6.42 Å². The molecule has 2 heteroatoms. The maximum atomic E-state index is 5.18. The molecule has 1 rings (SSSR count). The van der Waals surface area contributed by atoms with E-state index in [2.05, 4.69) is 18.7 Å². The molecular formula is C12H14OS. The van der Waals surface area contributed by atoms with Gasteiger partial charge < -0.3 is 4.74 Å². The average Bonchev–Trinajstić information content (AvgIpc) is 2.25. The monoisotopic (exact) mass is 206 g/mol. The van der Waals surface area contributed by atoms with Crippen LogP contribution in [-0.2, 0) is 4.74 Å². The van der Waals surface area contributed by atoms with Gasteiger partial charge in [0.1, 0.15) is 5.76 Å². The molecule has 0 amide bonds. The van der Waals surface area contributed by atoms with Crippen molar-refractivity contribution in [3.63, 3.8) is 0 Å². The summed E-state index contributed by atoms with van der Waals surface area (Å²) in [6, 6.07) is 10.2. The number of thioether (sulfide) groups is 1. The zero-order chi connectivity index (χ0) is 10.2. The van der Waals surface area contributed by atoms with E-state index in [9.17, 15) is 0 Å². The molecule has 0 fully saturated rings. The summed E-state index contributed by atoms with van der Waals surface area (Å²) < 4.78 is 5.18. The molecule has 1 aromatic rings. The summed E-state index contributed by atoms with van der Waals surface area (Å²) >= 11 is 1.66. The summed E-state index contributed by atoms with van der Waals surface area (Å²) in [4.78, 5) is 1.21. The minimum Gasteiger partial charge on any atom is -0.500 e. The van der Waals surface area contributed by atoms with Crippen LogP contribution in [0.2, 0.25) is 0 Å². The smallest absolute Gasteiger partial charge is 0.106 e. The van der Waals surface area contributed by atoms with E-state index in [-0.39, 0.29) is 0 Å². The zero-order valence-electron chi connectivity index (χ0n) is 8.27. The molecule has 0 bridgehead atoms. The second kappa shape index (κ2) is 6.33. The van der Waals surface area contributed by atoms with Gasteiger partial charge in [0.15, 0.2) is 0 Å².